The number of ether oxygens (including phenoxy) is 2. The third kappa shape index (κ3) is 12.4. The highest BCUT2D eigenvalue weighted by Gasteiger charge is 2.58. The third-order valence-electron chi connectivity index (χ3n) is 8.74. The first-order valence-electron chi connectivity index (χ1n) is 17.3. The van der Waals surface area contributed by atoms with Crippen molar-refractivity contribution in [2.45, 2.75) is 87.9 Å². The second kappa shape index (κ2) is 19.7. The van der Waals surface area contributed by atoms with Crippen molar-refractivity contribution in [1.82, 2.24) is 10.2 Å². The van der Waals surface area contributed by atoms with Gasteiger partial charge in [0, 0.05) is 43.5 Å². The molecule has 1 aliphatic rings. The van der Waals surface area contributed by atoms with Gasteiger partial charge < -0.3 is 44.4 Å². The van der Waals surface area contributed by atoms with Crippen LogP contribution >= 0.6 is 15.2 Å². The zero-order valence-corrected chi connectivity index (χ0v) is 31.4. The van der Waals surface area contributed by atoms with E-state index in [0.29, 0.717) is 38.8 Å². The van der Waals surface area contributed by atoms with Crippen molar-refractivity contribution in [3.05, 3.63) is 83.4 Å². The summed E-state index contributed by atoms with van der Waals surface area (Å²) in [6, 6.07) is 11.5. The summed E-state index contributed by atoms with van der Waals surface area (Å²) in [5, 5.41) is 8.43. The van der Waals surface area contributed by atoms with Crippen molar-refractivity contribution in [3.63, 3.8) is 0 Å². The number of benzene rings is 2. The lowest BCUT2D eigenvalue weighted by molar-refractivity contribution is -0.167. The number of hydrogen-bond donors (Lipinski definition) is 6. The first kappa shape index (κ1) is 44.6. The highest BCUT2D eigenvalue weighted by atomic mass is 31.2. The predicted molar refractivity (Wildman–Crippen MR) is 190 cm³/mol. The monoisotopic (exact) mass is 802 g/mol. The molecule has 0 radical (unpaired) electrons. The molecule has 54 heavy (non-hydrogen) atoms. The maximum Gasteiger partial charge on any atom is 0.369 e. The average molecular weight is 803 g/mol. The molecule has 0 saturated carbocycles. The van der Waals surface area contributed by atoms with E-state index in [-0.39, 0.29) is 29.4 Å². The van der Waals surface area contributed by atoms with Crippen LogP contribution in [0.1, 0.15) is 79.8 Å². The lowest BCUT2D eigenvalue weighted by atomic mass is 10.0. The van der Waals surface area contributed by atoms with Gasteiger partial charge in [-0.25, -0.2) is 0 Å². The number of rotatable bonds is 21. The Balaban J connectivity index is 1.65. The molecule has 2 aromatic carbocycles. The van der Waals surface area contributed by atoms with E-state index in [4.69, 9.17) is 9.47 Å². The van der Waals surface area contributed by atoms with Gasteiger partial charge in [0.25, 0.3) is 11.0 Å². The topological polar surface area (TPSA) is 237 Å². The zero-order chi connectivity index (χ0) is 40.2. The first-order chi connectivity index (χ1) is 25.3. The average Bonchev–Trinajstić information content (AvgIpc) is 3.46. The van der Waals surface area contributed by atoms with Crippen molar-refractivity contribution in [3.8, 4) is 0 Å². The third-order valence-corrected chi connectivity index (χ3v) is 12.6. The van der Waals surface area contributed by atoms with Gasteiger partial charge in [0.1, 0.15) is 0 Å². The lowest BCUT2D eigenvalue weighted by Gasteiger charge is -2.29. The van der Waals surface area contributed by atoms with Gasteiger partial charge in [0.2, 0.25) is 5.91 Å². The smallest absolute Gasteiger partial charge is 0.369 e. The summed E-state index contributed by atoms with van der Waals surface area (Å²) in [6.07, 6.45) is 2.59. The number of aliphatic hydroxyl groups is 1. The number of hydrogen-bond acceptors (Lipinski definition) is 9. The van der Waals surface area contributed by atoms with Crippen molar-refractivity contribution >= 4 is 38.9 Å². The molecule has 298 valence electrons. The summed E-state index contributed by atoms with van der Waals surface area (Å²) in [6.45, 7) is 1.72. The second-order valence-electron chi connectivity index (χ2n) is 12.7. The fourth-order valence-electron chi connectivity index (χ4n) is 5.70. The number of unbranched alkanes of at least 4 members (excludes halogenated alkanes) is 3. The van der Waals surface area contributed by atoms with Crippen LogP contribution in [-0.4, -0.2) is 90.3 Å². The van der Waals surface area contributed by atoms with Gasteiger partial charge in [-0.05, 0) is 50.0 Å². The Kier molecular flexibility index (Phi) is 16.2. The van der Waals surface area contributed by atoms with Gasteiger partial charge in [-0.1, -0.05) is 61.4 Å². The number of esters is 2. The molecule has 15 nitrogen and oxygen atoms in total. The molecule has 6 N–H and O–H groups in total. The van der Waals surface area contributed by atoms with Crippen LogP contribution in [0.2, 0.25) is 0 Å². The number of carbonyl (C=O) groups is 4. The Bertz CT molecular complexity index is 1690. The number of halogens is 2. The molecular weight excluding hydrogens is 756 g/mol. The highest BCUT2D eigenvalue weighted by molar-refractivity contribution is 7.72. The molecule has 1 saturated heterocycles. The van der Waals surface area contributed by atoms with Crippen LogP contribution in [0, 0.1) is 0 Å². The normalized spacial score (nSPS) is 16.0. The van der Waals surface area contributed by atoms with Gasteiger partial charge in [0.05, 0.1) is 19.1 Å². The van der Waals surface area contributed by atoms with Crippen LogP contribution in [0.15, 0.2) is 66.7 Å². The fourth-order valence-corrected chi connectivity index (χ4v) is 7.87. The molecule has 2 amide bonds. The van der Waals surface area contributed by atoms with Crippen molar-refractivity contribution in [1.29, 1.82) is 0 Å². The molecular formula is C35H46F2N2O13P2. The van der Waals surface area contributed by atoms with Gasteiger partial charge >= 0.3 is 33.1 Å². The van der Waals surface area contributed by atoms with E-state index >= 15 is 8.78 Å². The van der Waals surface area contributed by atoms with E-state index in [9.17, 15) is 53.0 Å². The highest BCUT2D eigenvalue weighted by Crippen LogP contribution is 2.68. The Hall–Kier alpha value is -3.82. The maximum absolute atomic E-state index is 15.9. The molecule has 0 aliphatic carbocycles. The van der Waals surface area contributed by atoms with Gasteiger partial charge in [-0.2, -0.15) is 8.78 Å². The molecule has 3 rings (SSSR count). The molecule has 0 aromatic heterocycles. The SMILES string of the molecule is CCOC(=O)CCCCCCN1C(=O)CC[C@@H]1C=C[C@@H](OC(=O)Cc1ccc(C(=O)NCCC(O)(P(=O)(O)O)P(=O)(O)O)cc1)C(F)(F)c1ccccc1. The van der Waals surface area contributed by atoms with E-state index in [0.717, 1.165) is 18.9 Å². The number of likely N-dealkylation sites (tertiary alicyclic amines) is 1. The number of carbonyl (C=O) groups excluding carboxylic acids is 4. The Morgan fingerprint density at radius 3 is 2.20 bits per heavy atom. The molecule has 0 unspecified atom stereocenters. The first-order valence-corrected chi connectivity index (χ1v) is 20.5. The molecule has 1 fully saturated rings. The summed E-state index contributed by atoms with van der Waals surface area (Å²) >= 11 is 0. The summed E-state index contributed by atoms with van der Waals surface area (Å²) in [5.41, 5.74) is -0.161. The van der Waals surface area contributed by atoms with E-state index in [1.165, 1.54) is 54.6 Å². The fraction of sp³-hybridized carbons (Fsp3) is 0.486. The molecule has 2 aromatic rings. The predicted octanol–water partition coefficient (Wildman–Crippen LogP) is 4.12. The van der Waals surface area contributed by atoms with Gasteiger partial charge in [0.15, 0.2) is 6.10 Å². The Labute approximate surface area is 311 Å². The minimum absolute atomic E-state index is 0.0354. The number of alkyl halides is 2. The quantitative estimate of drug-likeness (QED) is 0.0452. The Morgan fingerprint density at radius 1 is 0.963 bits per heavy atom. The van der Waals surface area contributed by atoms with Crippen LogP contribution in [0.5, 0.6) is 0 Å². The minimum atomic E-state index is -5.71. The molecule has 19 heteroatoms. The molecule has 2 atom stereocenters. The van der Waals surface area contributed by atoms with Crippen molar-refractivity contribution in [2.75, 3.05) is 19.7 Å². The minimum Gasteiger partial charge on any atom is -0.466 e. The summed E-state index contributed by atoms with van der Waals surface area (Å²) in [5.74, 6) is -5.91. The van der Waals surface area contributed by atoms with Crippen LogP contribution < -0.4 is 5.32 Å². The zero-order valence-electron chi connectivity index (χ0n) is 29.6. The van der Waals surface area contributed by atoms with E-state index in [2.05, 4.69) is 5.32 Å². The maximum atomic E-state index is 15.9. The van der Waals surface area contributed by atoms with Gasteiger partial charge in [-0.3, -0.25) is 28.3 Å². The lowest BCUT2D eigenvalue weighted by Crippen LogP contribution is -2.36. The van der Waals surface area contributed by atoms with Gasteiger partial charge in [-0.15, -0.1) is 0 Å². The van der Waals surface area contributed by atoms with E-state index in [1.54, 1.807) is 17.9 Å². The molecule has 0 spiro atoms. The number of nitrogens with zero attached hydrogens (tertiary/aromatic N) is 1. The van der Waals surface area contributed by atoms with Crippen molar-refractivity contribution in [2.24, 2.45) is 0 Å². The molecule has 1 heterocycles. The van der Waals surface area contributed by atoms with Crippen LogP contribution in [0.3, 0.4) is 0 Å². The van der Waals surface area contributed by atoms with Crippen molar-refractivity contribution < 1.29 is 71.2 Å². The number of amides is 2. The number of nitrogens with one attached hydrogen (secondary N) is 1. The standard InChI is InChI=1S/C35H46F2N2O13P2/c1-2-51-31(41)12-8-3-4-9-23-39-28(18-20-30(39)40)17-19-29(35(36,37)27-10-6-5-7-11-27)52-32(42)24-25-13-15-26(16-14-25)33(43)38-22-21-34(44,53(45,46)47)54(48,49)50/h5-7,10-11,13-17,19,28-29,44H,2-4,8-9,12,18,20-24H2,1H3,(H,38,43)(H2,45,46,47)(H2,48,49,50)/t28-,29+/m0/s1. The van der Waals surface area contributed by atoms with Crippen LogP contribution in [-0.2, 0) is 45.3 Å². The van der Waals surface area contributed by atoms with E-state index in [1.807, 2.05) is 0 Å². The molecule has 1 aliphatic heterocycles. The summed E-state index contributed by atoms with van der Waals surface area (Å²) < 4.78 is 65.0. The molecule has 0 bridgehead atoms. The van der Waals surface area contributed by atoms with E-state index < -0.39 is 75.2 Å². The second-order valence-corrected chi connectivity index (χ2v) is 16.7. The van der Waals surface area contributed by atoms with Crippen LogP contribution in [0.25, 0.3) is 0 Å². The van der Waals surface area contributed by atoms with Crippen LogP contribution in [0.4, 0.5) is 8.78 Å². The summed E-state index contributed by atoms with van der Waals surface area (Å²) in [4.78, 5) is 88.3. The Morgan fingerprint density at radius 2 is 1.59 bits per heavy atom. The summed E-state index contributed by atoms with van der Waals surface area (Å²) in [7, 11) is -11.4. The largest absolute Gasteiger partial charge is 0.466 e.